The minimum Gasteiger partial charge on any atom is -0.493 e. The third-order valence-electron chi connectivity index (χ3n) is 5.33. The molecular weight excluding hydrogens is 356 g/mol. The maximum absolute atomic E-state index is 12.8. The molecule has 0 aliphatic heterocycles. The zero-order chi connectivity index (χ0) is 20.1. The Morgan fingerprint density at radius 1 is 1.14 bits per heavy atom. The van der Waals surface area contributed by atoms with Crippen LogP contribution in [-0.2, 0) is 17.6 Å². The number of amides is 1. The van der Waals surface area contributed by atoms with E-state index in [4.69, 9.17) is 9.47 Å². The van der Waals surface area contributed by atoms with Crippen molar-refractivity contribution in [3.8, 4) is 11.5 Å². The molecule has 1 aliphatic rings. The van der Waals surface area contributed by atoms with Gasteiger partial charge >= 0.3 is 0 Å². The smallest absolute Gasteiger partial charge is 0.269 e. The SMILES string of the molecule is COc1ccc(C(C)NC(=O)C(=NO)C2CCc3ccccc3C2)cc1OC. The van der Waals surface area contributed by atoms with Gasteiger partial charge in [0, 0.05) is 5.92 Å². The standard InChI is InChI=1S/C22H26N2O4/c1-14(16-10-11-19(27-2)20(13-16)28-3)23-22(25)21(24-26)18-9-8-15-6-4-5-7-17(15)12-18/h4-7,10-11,13-14,18,26H,8-9,12H2,1-3H3,(H,23,25). The molecule has 0 aromatic heterocycles. The van der Waals surface area contributed by atoms with E-state index in [0.717, 1.165) is 18.4 Å². The van der Waals surface area contributed by atoms with Crippen molar-refractivity contribution in [3.63, 3.8) is 0 Å². The van der Waals surface area contributed by atoms with E-state index in [9.17, 15) is 10.0 Å². The second-order valence-corrected chi connectivity index (χ2v) is 7.00. The molecule has 0 saturated heterocycles. The van der Waals surface area contributed by atoms with Crippen LogP contribution < -0.4 is 14.8 Å². The molecule has 1 aliphatic carbocycles. The van der Waals surface area contributed by atoms with Gasteiger partial charge in [-0.1, -0.05) is 35.5 Å². The second kappa shape index (κ2) is 8.78. The predicted octanol–water partition coefficient (Wildman–Crippen LogP) is 3.52. The highest BCUT2D eigenvalue weighted by molar-refractivity contribution is 6.39. The number of carbonyl (C=O) groups is 1. The van der Waals surface area contributed by atoms with Crippen LogP contribution in [0.1, 0.15) is 36.1 Å². The van der Waals surface area contributed by atoms with Crippen molar-refractivity contribution in [2.24, 2.45) is 11.1 Å². The summed E-state index contributed by atoms with van der Waals surface area (Å²) in [5, 5.41) is 15.8. The number of methoxy groups -OCH3 is 2. The van der Waals surface area contributed by atoms with Crippen molar-refractivity contribution in [1.29, 1.82) is 0 Å². The van der Waals surface area contributed by atoms with E-state index in [-0.39, 0.29) is 23.6 Å². The van der Waals surface area contributed by atoms with Crippen molar-refractivity contribution in [3.05, 3.63) is 59.2 Å². The maximum atomic E-state index is 12.8. The van der Waals surface area contributed by atoms with Gasteiger partial charge in [-0.05, 0) is 55.0 Å². The summed E-state index contributed by atoms with van der Waals surface area (Å²) in [5.74, 6) is 0.774. The second-order valence-electron chi connectivity index (χ2n) is 7.00. The number of hydrogen-bond donors (Lipinski definition) is 2. The van der Waals surface area contributed by atoms with E-state index in [1.54, 1.807) is 20.3 Å². The average molecular weight is 382 g/mol. The van der Waals surface area contributed by atoms with Gasteiger partial charge in [-0.3, -0.25) is 4.79 Å². The van der Waals surface area contributed by atoms with Crippen molar-refractivity contribution < 1.29 is 19.5 Å². The van der Waals surface area contributed by atoms with Crippen LogP contribution in [0, 0.1) is 5.92 Å². The van der Waals surface area contributed by atoms with Gasteiger partial charge in [-0.2, -0.15) is 0 Å². The average Bonchev–Trinajstić information content (AvgIpc) is 2.73. The van der Waals surface area contributed by atoms with Crippen LogP contribution in [0.5, 0.6) is 11.5 Å². The minimum atomic E-state index is -0.353. The Hall–Kier alpha value is -3.02. The Labute approximate surface area is 165 Å². The number of benzene rings is 2. The lowest BCUT2D eigenvalue weighted by molar-refractivity contribution is -0.115. The van der Waals surface area contributed by atoms with Gasteiger partial charge in [0.1, 0.15) is 5.71 Å². The largest absolute Gasteiger partial charge is 0.493 e. The highest BCUT2D eigenvalue weighted by Crippen LogP contribution is 2.30. The van der Waals surface area contributed by atoms with E-state index in [0.29, 0.717) is 17.9 Å². The Morgan fingerprint density at radius 2 is 1.86 bits per heavy atom. The van der Waals surface area contributed by atoms with Crippen LogP contribution in [-0.4, -0.2) is 31.0 Å². The summed E-state index contributed by atoms with van der Waals surface area (Å²) in [5.41, 5.74) is 3.56. The van der Waals surface area contributed by atoms with Crippen LogP contribution >= 0.6 is 0 Å². The van der Waals surface area contributed by atoms with E-state index in [2.05, 4.69) is 22.6 Å². The third kappa shape index (κ3) is 4.11. The molecule has 1 amide bonds. The van der Waals surface area contributed by atoms with Gasteiger partial charge in [0.05, 0.1) is 20.3 Å². The summed E-state index contributed by atoms with van der Waals surface area (Å²) in [7, 11) is 3.15. The van der Waals surface area contributed by atoms with Gasteiger partial charge in [0.15, 0.2) is 11.5 Å². The molecule has 2 aromatic rings. The molecule has 2 aromatic carbocycles. The summed E-state index contributed by atoms with van der Waals surface area (Å²) < 4.78 is 10.6. The first-order valence-corrected chi connectivity index (χ1v) is 9.38. The molecule has 2 unspecified atom stereocenters. The molecule has 6 heteroatoms. The highest BCUT2D eigenvalue weighted by Gasteiger charge is 2.28. The molecule has 6 nitrogen and oxygen atoms in total. The van der Waals surface area contributed by atoms with Crippen molar-refractivity contribution in [2.45, 2.75) is 32.2 Å². The minimum absolute atomic E-state index is 0.0995. The zero-order valence-corrected chi connectivity index (χ0v) is 16.4. The van der Waals surface area contributed by atoms with E-state index < -0.39 is 0 Å². The molecule has 0 bridgehead atoms. The Morgan fingerprint density at radius 3 is 2.54 bits per heavy atom. The van der Waals surface area contributed by atoms with Crippen molar-refractivity contribution in [1.82, 2.24) is 5.32 Å². The number of nitrogens with one attached hydrogen (secondary N) is 1. The van der Waals surface area contributed by atoms with Gasteiger partial charge < -0.3 is 20.0 Å². The van der Waals surface area contributed by atoms with Gasteiger partial charge in [-0.25, -0.2) is 0 Å². The molecule has 28 heavy (non-hydrogen) atoms. The van der Waals surface area contributed by atoms with E-state index in [1.165, 1.54) is 11.1 Å². The molecule has 2 N–H and O–H groups in total. The maximum Gasteiger partial charge on any atom is 0.269 e. The zero-order valence-electron chi connectivity index (χ0n) is 16.4. The number of carbonyl (C=O) groups excluding carboxylic acids is 1. The van der Waals surface area contributed by atoms with Crippen LogP contribution in [0.2, 0.25) is 0 Å². The predicted molar refractivity (Wildman–Crippen MR) is 107 cm³/mol. The van der Waals surface area contributed by atoms with E-state index >= 15 is 0 Å². The first-order chi connectivity index (χ1) is 13.6. The van der Waals surface area contributed by atoms with Crippen molar-refractivity contribution in [2.75, 3.05) is 14.2 Å². The van der Waals surface area contributed by atoms with Crippen LogP contribution in [0.25, 0.3) is 0 Å². The lowest BCUT2D eigenvalue weighted by Gasteiger charge is -2.25. The number of ether oxygens (including phenoxy) is 2. The summed E-state index contributed by atoms with van der Waals surface area (Å²) in [6.45, 7) is 1.88. The molecule has 2 atom stereocenters. The molecular formula is C22H26N2O4. The summed E-state index contributed by atoms with van der Waals surface area (Å²) in [6, 6.07) is 13.4. The summed E-state index contributed by atoms with van der Waals surface area (Å²) in [6.07, 6.45) is 2.36. The topological polar surface area (TPSA) is 80.2 Å². The number of fused-ring (bicyclic) bond motifs is 1. The van der Waals surface area contributed by atoms with Gasteiger partial charge in [0.25, 0.3) is 5.91 Å². The Balaban J connectivity index is 1.71. The molecule has 0 spiro atoms. The van der Waals surface area contributed by atoms with Crippen LogP contribution in [0.4, 0.5) is 0 Å². The van der Waals surface area contributed by atoms with Gasteiger partial charge in [-0.15, -0.1) is 0 Å². The Bertz CT molecular complexity index is 879. The molecule has 148 valence electrons. The fourth-order valence-electron chi connectivity index (χ4n) is 3.72. The molecule has 0 radical (unpaired) electrons. The first-order valence-electron chi connectivity index (χ1n) is 9.38. The summed E-state index contributed by atoms with van der Waals surface area (Å²) in [4.78, 5) is 12.8. The number of hydrogen-bond acceptors (Lipinski definition) is 5. The van der Waals surface area contributed by atoms with Gasteiger partial charge in [0.2, 0.25) is 0 Å². The molecule has 0 heterocycles. The number of nitrogens with zero attached hydrogens (tertiary/aromatic N) is 1. The number of rotatable bonds is 6. The number of oxime groups is 1. The van der Waals surface area contributed by atoms with Crippen molar-refractivity contribution >= 4 is 11.6 Å². The Kier molecular flexibility index (Phi) is 6.19. The number of aryl methyl sites for hydroxylation is 1. The quantitative estimate of drug-likeness (QED) is 0.455. The molecule has 0 fully saturated rings. The summed E-state index contributed by atoms with van der Waals surface area (Å²) >= 11 is 0. The molecule has 3 rings (SSSR count). The lowest BCUT2D eigenvalue weighted by atomic mass is 9.81. The third-order valence-corrected chi connectivity index (χ3v) is 5.33. The fourth-order valence-corrected chi connectivity index (χ4v) is 3.72. The van der Waals surface area contributed by atoms with E-state index in [1.807, 2.05) is 31.2 Å². The van der Waals surface area contributed by atoms with Crippen LogP contribution in [0.3, 0.4) is 0 Å². The molecule has 0 saturated carbocycles. The lowest BCUT2D eigenvalue weighted by Crippen LogP contribution is -2.39. The first kappa shape index (κ1) is 19.7. The van der Waals surface area contributed by atoms with Crippen LogP contribution in [0.15, 0.2) is 47.6 Å². The normalized spacial score (nSPS) is 17.4. The fraction of sp³-hybridized carbons (Fsp3) is 0.364. The highest BCUT2D eigenvalue weighted by atomic mass is 16.5. The monoisotopic (exact) mass is 382 g/mol.